The Labute approximate surface area is 408 Å². The summed E-state index contributed by atoms with van der Waals surface area (Å²) in [5.74, 6) is -2.19. The molecule has 1 amide bonds. The predicted molar refractivity (Wildman–Crippen MR) is 272 cm³/mol. The number of nitrogen functional groups attached to an aromatic ring is 1. The highest BCUT2D eigenvalue weighted by molar-refractivity contribution is 15.0. The van der Waals surface area contributed by atoms with Crippen molar-refractivity contribution in [3.8, 4) is 17.4 Å². The molecular formula is C44H55F3I2N14O4. The predicted octanol–water partition coefficient (Wildman–Crippen LogP) is 5.66. The number of aromatic nitrogens is 8. The van der Waals surface area contributed by atoms with E-state index in [1.54, 1.807) is 34.0 Å². The lowest BCUT2D eigenvalue weighted by atomic mass is 10.1. The van der Waals surface area contributed by atoms with Crippen LogP contribution >= 0.6 is 37.2 Å². The number of hydrogen-bond acceptors (Lipinski definition) is 14. The van der Waals surface area contributed by atoms with Gasteiger partial charge in [-0.1, -0.05) is 0 Å². The number of H-pyrrole nitrogens is 1. The Bertz CT molecular complexity index is 2900. The number of aryl methyl sites for hydroxylation is 4. The molecule has 2 aromatic carbocycles. The molecule has 0 unspecified atom stereocenters. The number of piperazine rings is 2. The Hall–Kier alpha value is -5.38. The third kappa shape index (κ3) is 12.6. The number of ether oxygens (including phenoxy) is 1. The van der Waals surface area contributed by atoms with Crippen molar-refractivity contribution < 1.29 is 27.8 Å². The molecule has 0 aliphatic carbocycles. The first kappa shape index (κ1) is 52.6. The number of anilines is 3. The summed E-state index contributed by atoms with van der Waals surface area (Å²) in [6.45, 7) is 15.1. The fourth-order valence-electron chi connectivity index (χ4n) is 7.53. The van der Waals surface area contributed by atoms with E-state index in [9.17, 15) is 22.8 Å². The summed E-state index contributed by atoms with van der Waals surface area (Å²) in [5, 5.41) is 16.7. The maximum absolute atomic E-state index is 14.9. The number of benzene rings is 2. The van der Waals surface area contributed by atoms with Gasteiger partial charge in [0.25, 0.3) is 11.5 Å². The van der Waals surface area contributed by atoms with Gasteiger partial charge in [0, 0.05) is 108 Å². The van der Waals surface area contributed by atoms with Crippen LogP contribution in [0.2, 0.25) is 0 Å². The molecule has 23 heteroatoms. The second-order valence-corrected chi connectivity index (χ2v) is 15.8. The number of amides is 1. The Morgan fingerprint density at radius 2 is 1.31 bits per heavy atom. The summed E-state index contributed by atoms with van der Waals surface area (Å²) in [7, 11) is 5.59. The van der Waals surface area contributed by atoms with E-state index in [1.165, 1.54) is 6.07 Å². The number of carbonyl (C=O) groups is 1. The second-order valence-electron chi connectivity index (χ2n) is 15.8. The highest BCUT2D eigenvalue weighted by atomic mass is 128. The number of hydrogen-bond donors (Lipinski definition) is 4. The minimum absolute atomic E-state index is 0.226. The number of halogens is 5. The number of aliphatic hydroxyl groups excluding tert-OH is 1. The smallest absolute Gasteiger partial charge is 0.259 e. The van der Waals surface area contributed by atoms with Crippen LogP contribution in [0.25, 0.3) is 33.5 Å². The number of nitrogens with zero attached hydrogens (tertiary/aromatic N) is 11. The van der Waals surface area contributed by atoms with Crippen molar-refractivity contribution in [3.05, 3.63) is 98.9 Å². The van der Waals surface area contributed by atoms with Crippen molar-refractivity contribution in [2.75, 3.05) is 95.7 Å². The van der Waals surface area contributed by atoms with Crippen LogP contribution in [-0.4, -0.2) is 140 Å². The van der Waals surface area contributed by atoms with Crippen LogP contribution in [0, 0.1) is 45.1 Å². The molecule has 67 heavy (non-hydrogen) atoms. The Morgan fingerprint density at radius 3 is 1.85 bits per heavy atom. The Balaban J connectivity index is 0.000000194. The molecule has 0 radical (unpaired) electrons. The fourth-order valence-corrected chi connectivity index (χ4v) is 7.53. The molecule has 0 spiro atoms. The van der Waals surface area contributed by atoms with Gasteiger partial charge in [0.1, 0.15) is 22.8 Å². The first-order valence-corrected chi connectivity index (χ1v) is 27.4. The number of nitrogens with two attached hydrogens (primary N) is 2. The van der Waals surface area contributed by atoms with Gasteiger partial charge < -0.3 is 45.9 Å². The number of likely N-dealkylation sites (N-methyl/N-ethyl adjacent to an activating group) is 2. The van der Waals surface area contributed by atoms with Crippen LogP contribution in [-0.2, 0) is 0 Å². The van der Waals surface area contributed by atoms with E-state index < -0.39 is 23.1 Å². The van der Waals surface area contributed by atoms with Crippen LogP contribution in [0.3, 0.4) is 0 Å². The maximum atomic E-state index is 14.9. The van der Waals surface area contributed by atoms with E-state index in [0.29, 0.717) is 60.2 Å². The zero-order valence-corrected chi connectivity index (χ0v) is 42.9. The molecule has 2 fully saturated rings. The summed E-state index contributed by atoms with van der Waals surface area (Å²) in [6.07, 6.45) is 3.69. The van der Waals surface area contributed by atoms with E-state index in [1.807, 2.05) is 71.2 Å². The standard InChI is InChI=1S/C21H22FN7O.C12H16F2N4O.C9H11N3O.C2H6O.I2/c1-12-11-29-18(13(2)23-12)10-17(26-29)20-24-16-9-15(22)19(8-14(16)21(30)25-20)28-6-4-27(3)5-7-28;1-17-2-4-18(5-3-17)11-7(13)6-8(15)9(10(11)14)12(16)19;1-6-5-12-8(7(2)10-6)4-9(11-12)13-3;1-2-3;1-2/h8-11H,4-7H2,1-3H3,(H,24,25,30);6H,2-5,15H2,1H3,(H2,16,19);4-5H,1-3H3;3H,2H2,1H3;. The minimum Gasteiger partial charge on any atom is -0.480 e. The average Bonchev–Trinajstić information content (AvgIpc) is 3.91. The van der Waals surface area contributed by atoms with Gasteiger partial charge in [-0.2, -0.15) is 5.10 Å². The van der Waals surface area contributed by atoms with E-state index in [2.05, 4.69) is 77.2 Å². The largest absolute Gasteiger partial charge is 0.480 e. The van der Waals surface area contributed by atoms with Gasteiger partial charge in [0.15, 0.2) is 17.5 Å². The monoisotopic (exact) mass is 1150 g/mol. The van der Waals surface area contributed by atoms with Gasteiger partial charge in [0.2, 0.25) is 5.88 Å². The van der Waals surface area contributed by atoms with E-state index in [4.69, 9.17) is 21.3 Å². The lowest BCUT2D eigenvalue weighted by molar-refractivity contribution is 0.0997. The molecule has 0 bridgehead atoms. The van der Waals surface area contributed by atoms with Crippen molar-refractivity contribution in [2.45, 2.75) is 34.6 Å². The van der Waals surface area contributed by atoms with Gasteiger partial charge in [0.05, 0.1) is 75.6 Å². The number of aliphatic hydroxyl groups is 1. The first-order chi connectivity index (χ1) is 31.9. The molecule has 0 atom stereocenters. The van der Waals surface area contributed by atoms with Crippen molar-refractivity contribution in [2.24, 2.45) is 5.73 Å². The molecular weight excluding hydrogens is 1100 g/mol. The molecule has 7 heterocycles. The molecule has 2 saturated heterocycles. The Kier molecular flexibility index (Phi) is 18.5. The van der Waals surface area contributed by atoms with Crippen LogP contribution in [0.15, 0.2) is 47.5 Å². The molecule has 360 valence electrons. The van der Waals surface area contributed by atoms with Gasteiger partial charge in [-0.15, -0.1) is 5.10 Å². The van der Waals surface area contributed by atoms with Crippen LogP contribution in [0.4, 0.5) is 30.2 Å². The van der Waals surface area contributed by atoms with Gasteiger partial charge in [-0.3, -0.25) is 19.6 Å². The third-order valence-corrected chi connectivity index (χ3v) is 10.9. The SMILES string of the molecule is CCO.CN1CCN(c2c(F)cc(N)c(C(N)=O)c2F)CC1.COc1cc2c(C)nc(C)cn2n1.Cc1cn2nc(-c3nc4cc(F)c(N5CCN(C)CC5)cc4c(=O)[nH]3)cc2c(C)n1.II. The number of fused-ring (bicyclic) bond motifs is 3. The highest BCUT2D eigenvalue weighted by Crippen LogP contribution is 2.31. The minimum atomic E-state index is -0.995. The quantitative estimate of drug-likeness (QED) is 0.121. The zero-order valence-electron chi connectivity index (χ0n) is 38.5. The Morgan fingerprint density at radius 1 is 0.791 bits per heavy atom. The number of primary amides is 1. The average molecular weight is 1150 g/mol. The maximum Gasteiger partial charge on any atom is 0.259 e. The van der Waals surface area contributed by atoms with E-state index in [0.717, 1.165) is 66.1 Å². The molecule has 18 nitrogen and oxygen atoms in total. The summed E-state index contributed by atoms with van der Waals surface area (Å²) < 4.78 is 51.6. The number of nitrogens with one attached hydrogen (secondary N) is 1. The van der Waals surface area contributed by atoms with Crippen LogP contribution in [0.1, 0.15) is 40.1 Å². The summed E-state index contributed by atoms with van der Waals surface area (Å²) >= 11 is 4.24. The van der Waals surface area contributed by atoms with Gasteiger partial charge in [-0.25, -0.2) is 27.2 Å². The summed E-state index contributed by atoms with van der Waals surface area (Å²) in [6, 6.07) is 7.58. The normalized spacial score (nSPS) is 14.1. The number of rotatable bonds is 5. The first-order valence-electron chi connectivity index (χ1n) is 21.1. The van der Waals surface area contributed by atoms with Gasteiger partial charge in [-0.05, 0) is 66.9 Å². The molecule has 9 rings (SSSR count). The van der Waals surface area contributed by atoms with E-state index >= 15 is 0 Å². The topological polar surface area (TPSA) is 218 Å². The molecule has 6 N–H and O–H groups in total. The second kappa shape index (κ2) is 23.6. The summed E-state index contributed by atoms with van der Waals surface area (Å²) in [5.41, 5.74) is 15.9. The van der Waals surface area contributed by atoms with Crippen molar-refractivity contribution in [1.29, 1.82) is 0 Å². The lowest BCUT2D eigenvalue weighted by Gasteiger charge is -2.34. The van der Waals surface area contributed by atoms with Gasteiger partial charge >= 0.3 is 0 Å². The van der Waals surface area contributed by atoms with E-state index in [-0.39, 0.29) is 29.4 Å². The third-order valence-electron chi connectivity index (χ3n) is 10.9. The van der Waals surface area contributed by atoms with Crippen LogP contribution < -0.4 is 31.6 Å². The van der Waals surface area contributed by atoms with Crippen LogP contribution in [0.5, 0.6) is 5.88 Å². The molecule has 5 aromatic heterocycles. The molecule has 0 saturated carbocycles. The van der Waals surface area contributed by atoms with Crippen molar-refractivity contribution >= 4 is 82.1 Å². The molecule has 7 aromatic rings. The molecule has 2 aliphatic heterocycles. The van der Waals surface area contributed by atoms with Crippen molar-refractivity contribution in [3.63, 3.8) is 0 Å². The highest BCUT2D eigenvalue weighted by Gasteiger charge is 2.27. The lowest BCUT2D eigenvalue weighted by Crippen LogP contribution is -2.45. The fraction of sp³-hybridized carbons (Fsp3) is 0.386. The molecule has 2 aliphatic rings. The zero-order chi connectivity index (χ0) is 49.3. The number of aromatic amines is 1. The van der Waals surface area contributed by atoms with Crippen molar-refractivity contribution in [1.82, 2.24) is 49.0 Å². The summed E-state index contributed by atoms with van der Waals surface area (Å²) in [4.78, 5) is 47.9. The number of carbonyl (C=O) groups excluding carboxylic acids is 1. The number of methoxy groups -OCH3 is 1.